The van der Waals surface area contributed by atoms with Crippen LogP contribution in [-0.2, 0) is 0 Å². The summed E-state index contributed by atoms with van der Waals surface area (Å²) in [5.74, 6) is -4.83. The summed E-state index contributed by atoms with van der Waals surface area (Å²) in [6.45, 7) is 4.55. The van der Waals surface area contributed by atoms with Crippen molar-refractivity contribution in [1.29, 1.82) is 0 Å². The molecule has 0 spiro atoms. The molecular weight excluding hydrogens is 245 g/mol. The first-order valence-electron chi connectivity index (χ1n) is 5.15. The second-order valence-corrected chi connectivity index (χ2v) is 4.03. The topological polar surface area (TPSA) is 18.8 Å². The number of hydrazone groups is 1. The molecule has 0 aromatic heterocycles. The minimum Gasteiger partial charge on any atom is -0.334 e. The van der Waals surface area contributed by atoms with E-state index in [9.17, 15) is 22.0 Å². The molecule has 3 nitrogen and oxygen atoms in total. The molecule has 1 aliphatic rings. The summed E-state index contributed by atoms with van der Waals surface area (Å²) in [6.07, 6.45) is -6.68. The quantitative estimate of drug-likeness (QED) is 0.725. The summed E-state index contributed by atoms with van der Waals surface area (Å²) >= 11 is 0. The lowest BCUT2D eigenvalue weighted by Gasteiger charge is -2.37. The smallest absolute Gasteiger partial charge is 0.334 e. The van der Waals surface area contributed by atoms with Crippen LogP contribution in [0, 0.1) is 0 Å². The molecule has 0 saturated heterocycles. The monoisotopic (exact) mass is 259 g/mol. The van der Waals surface area contributed by atoms with Gasteiger partial charge in [0.15, 0.2) is 6.17 Å². The zero-order valence-electron chi connectivity index (χ0n) is 9.67. The molecule has 1 atom stereocenters. The number of halogens is 5. The van der Waals surface area contributed by atoms with Crippen molar-refractivity contribution in [2.45, 2.75) is 45.1 Å². The Morgan fingerprint density at radius 1 is 1.24 bits per heavy atom. The molecule has 1 rings (SSSR count). The molecule has 0 N–H and O–H groups in total. The van der Waals surface area contributed by atoms with E-state index in [1.165, 1.54) is 20.8 Å². The van der Waals surface area contributed by atoms with E-state index in [2.05, 4.69) is 5.10 Å². The van der Waals surface area contributed by atoms with Gasteiger partial charge in [0, 0.05) is 12.6 Å². The Morgan fingerprint density at radius 2 is 1.76 bits per heavy atom. The van der Waals surface area contributed by atoms with Crippen LogP contribution >= 0.6 is 0 Å². The molecule has 100 valence electrons. The zero-order valence-corrected chi connectivity index (χ0v) is 9.67. The van der Waals surface area contributed by atoms with Gasteiger partial charge in [0.25, 0.3) is 0 Å². The summed E-state index contributed by atoms with van der Waals surface area (Å²) in [7, 11) is 0. The first-order chi connectivity index (χ1) is 7.63. The number of alkyl halides is 5. The average Bonchev–Trinajstić information content (AvgIpc) is 2.59. The van der Waals surface area contributed by atoms with Gasteiger partial charge in [0.05, 0.1) is 0 Å². The highest BCUT2D eigenvalue weighted by Gasteiger charge is 2.66. The highest BCUT2D eigenvalue weighted by molar-refractivity contribution is 5.57. The second kappa shape index (κ2) is 4.30. The first kappa shape index (κ1) is 14.0. The van der Waals surface area contributed by atoms with Crippen molar-refractivity contribution in [3.8, 4) is 0 Å². The van der Waals surface area contributed by atoms with Gasteiger partial charge >= 0.3 is 12.1 Å². The van der Waals surface area contributed by atoms with Crippen molar-refractivity contribution in [2.24, 2.45) is 5.10 Å². The van der Waals surface area contributed by atoms with E-state index in [0.29, 0.717) is 0 Å². The fourth-order valence-corrected chi connectivity index (χ4v) is 1.60. The molecule has 0 saturated carbocycles. The Bertz CT molecular complexity index is 299. The SMILES string of the molecule is CCN1C=NN(C(C)C)C1C(F)(F)C(F)(F)F. The van der Waals surface area contributed by atoms with E-state index in [-0.39, 0.29) is 6.54 Å². The Labute approximate surface area is 95.9 Å². The number of hydrogen-bond donors (Lipinski definition) is 0. The first-order valence-corrected chi connectivity index (χ1v) is 5.15. The van der Waals surface area contributed by atoms with Crippen molar-refractivity contribution < 1.29 is 22.0 Å². The van der Waals surface area contributed by atoms with E-state index in [1.807, 2.05) is 0 Å². The normalized spacial score (nSPS) is 21.8. The van der Waals surface area contributed by atoms with Gasteiger partial charge in [-0.1, -0.05) is 0 Å². The lowest BCUT2D eigenvalue weighted by atomic mass is 10.2. The second-order valence-electron chi connectivity index (χ2n) is 4.03. The van der Waals surface area contributed by atoms with Gasteiger partial charge in [-0.25, -0.2) is 0 Å². The summed E-state index contributed by atoms with van der Waals surface area (Å²) in [4.78, 5) is 0.882. The number of nitrogens with zero attached hydrogens (tertiary/aromatic N) is 3. The fraction of sp³-hybridized carbons (Fsp3) is 0.889. The standard InChI is InChI=1S/C9H14F5N3/c1-4-16-5-15-17(6(2)3)7(16)8(10,11)9(12,13)14/h5-7H,4H2,1-3H3. The summed E-state index contributed by atoms with van der Waals surface area (Å²) in [6, 6.07) is -0.541. The Hall–Kier alpha value is -1.08. The molecular formula is C9H14F5N3. The molecule has 0 amide bonds. The predicted molar refractivity (Wildman–Crippen MR) is 52.6 cm³/mol. The van der Waals surface area contributed by atoms with Crippen molar-refractivity contribution >= 4 is 6.34 Å². The molecule has 0 fully saturated rings. The van der Waals surface area contributed by atoms with E-state index >= 15 is 0 Å². The highest BCUT2D eigenvalue weighted by atomic mass is 19.4. The van der Waals surface area contributed by atoms with Gasteiger partial charge < -0.3 is 4.90 Å². The number of rotatable bonds is 3. The molecule has 1 unspecified atom stereocenters. The van der Waals surface area contributed by atoms with E-state index in [4.69, 9.17) is 0 Å². The summed E-state index contributed by atoms with van der Waals surface area (Å²) < 4.78 is 63.9. The molecule has 1 heterocycles. The van der Waals surface area contributed by atoms with Crippen LogP contribution in [0.3, 0.4) is 0 Å². The van der Waals surface area contributed by atoms with Crippen LogP contribution < -0.4 is 0 Å². The minimum atomic E-state index is -5.59. The molecule has 0 aromatic carbocycles. The molecule has 1 aliphatic heterocycles. The van der Waals surface area contributed by atoms with Crippen LogP contribution in [0.5, 0.6) is 0 Å². The number of hydrogen-bond acceptors (Lipinski definition) is 3. The van der Waals surface area contributed by atoms with Crippen LogP contribution in [-0.4, -0.2) is 47.1 Å². The van der Waals surface area contributed by atoms with E-state index in [1.54, 1.807) is 0 Å². The van der Waals surface area contributed by atoms with Crippen LogP contribution in [0.15, 0.2) is 5.10 Å². The third-order valence-corrected chi connectivity index (χ3v) is 2.49. The summed E-state index contributed by atoms with van der Waals surface area (Å²) in [5, 5.41) is 4.38. The van der Waals surface area contributed by atoms with Crippen molar-refractivity contribution in [3.63, 3.8) is 0 Å². The summed E-state index contributed by atoms with van der Waals surface area (Å²) in [5.41, 5.74) is 0. The maximum atomic E-state index is 13.4. The average molecular weight is 259 g/mol. The van der Waals surface area contributed by atoms with Gasteiger partial charge in [0.1, 0.15) is 6.34 Å². The van der Waals surface area contributed by atoms with Gasteiger partial charge in [0.2, 0.25) is 0 Å². The lowest BCUT2D eigenvalue weighted by molar-refractivity contribution is -0.315. The molecule has 8 heteroatoms. The largest absolute Gasteiger partial charge is 0.457 e. The Kier molecular flexibility index (Phi) is 3.54. The van der Waals surface area contributed by atoms with Crippen LogP contribution in [0.4, 0.5) is 22.0 Å². The van der Waals surface area contributed by atoms with E-state index < -0.39 is 24.3 Å². The maximum absolute atomic E-state index is 13.4. The fourth-order valence-electron chi connectivity index (χ4n) is 1.60. The molecule has 0 aromatic rings. The molecule has 0 bridgehead atoms. The van der Waals surface area contributed by atoms with E-state index in [0.717, 1.165) is 16.2 Å². The van der Waals surface area contributed by atoms with Crippen molar-refractivity contribution in [2.75, 3.05) is 6.54 Å². The molecule has 17 heavy (non-hydrogen) atoms. The van der Waals surface area contributed by atoms with Crippen LogP contribution in [0.25, 0.3) is 0 Å². The highest BCUT2D eigenvalue weighted by Crippen LogP contribution is 2.42. The van der Waals surface area contributed by atoms with Gasteiger partial charge in [-0.05, 0) is 20.8 Å². The lowest BCUT2D eigenvalue weighted by Crippen LogP contribution is -2.60. The van der Waals surface area contributed by atoms with Crippen molar-refractivity contribution in [3.05, 3.63) is 0 Å². The third-order valence-electron chi connectivity index (χ3n) is 2.49. The van der Waals surface area contributed by atoms with Crippen LogP contribution in [0.2, 0.25) is 0 Å². The van der Waals surface area contributed by atoms with Gasteiger partial charge in [-0.15, -0.1) is 0 Å². The van der Waals surface area contributed by atoms with Crippen LogP contribution in [0.1, 0.15) is 20.8 Å². The van der Waals surface area contributed by atoms with Gasteiger partial charge in [-0.2, -0.15) is 27.1 Å². The molecule has 0 radical (unpaired) electrons. The Balaban J connectivity index is 3.07. The Morgan fingerprint density at radius 3 is 2.12 bits per heavy atom. The maximum Gasteiger partial charge on any atom is 0.457 e. The predicted octanol–water partition coefficient (Wildman–Crippen LogP) is 2.50. The molecule has 0 aliphatic carbocycles. The van der Waals surface area contributed by atoms with Crippen molar-refractivity contribution in [1.82, 2.24) is 9.91 Å². The third kappa shape index (κ3) is 2.30. The van der Waals surface area contributed by atoms with Gasteiger partial charge in [-0.3, -0.25) is 5.01 Å². The zero-order chi connectivity index (χ0) is 13.4. The minimum absolute atomic E-state index is 0.0308.